The number of ether oxygens (including phenoxy) is 1. The largest absolute Gasteiger partial charge is 0.492 e. The molecule has 7 heteroatoms. The summed E-state index contributed by atoms with van der Waals surface area (Å²) in [5.74, 6) is 0.557. The third-order valence-corrected chi connectivity index (χ3v) is 5.06. The Balaban J connectivity index is 1.61. The van der Waals surface area contributed by atoms with Gasteiger partial charge in [-0.2, -0.15) is 0 Å². The number of aromatic nitrogens is 1. The Bertz CT molecular complexity index is 984. The van der Waals surface area contributed by atoms with Gasteiger partial charge in [0.1, 0.15) is 5.75 Å². The highest BCUT2D eigenvalue weighted by Gasteiger charge is 2.10. The van der Waals surface area contributed by atoms with E-state index < -0.39 is 0 Å². The number of fused-ring (bicyclic) bond motifs is 1. The van der Waals surface area contributed by atoms with Gasteiger partial charge < -0.3 is 15.4 Å². The van der Waals surface area contributed by atoms with Gasteiger partial charge in [-0.05, 0) is 43.2 Å². The first-order valence-corrected chi connectivity index (χ1v) is 10.1. The molecule has 2 amide bonds. The van der Waals surface area contributed by atoms with Crippen LogP contribution >= 0.6 is 11.3 Å². The Morgan fingerprint density at radius 3 is 2.68 bits per heavy atom. The number of amides is 2. The van der Waals surface area contributed by atoms with E-state index in [9.17, 15) is 9.59 Å². The van der Waals surface area contributed by atoms with E-state index >= 15 is 0 Å². The van der Waals surface area contributed by atoms with Crippen molar-refractivity contribution in [2.75, 3.05) is 17.2 Å². The molecule has 0 bridgehead atoms. The van der Waals surface area contributed by atoms with Gasteiger partial charge in [0.2, 0.25) is 11.8 Å². The van der Waals surface area contributed by atoms with Gasteiger partial charge in [0.05, 0.1) is 22.5 Å². The van der Waals surface area contributed by atoms with Crippen LogP contribution in [-0.2, 0) is 16.0 Å². The third kappa shape index (κ3) is 5.07. The number of rotatable bonds is 8. The van der Waals surface area contributed by atoms with Crippen LogP contribution in [0.1, 0.15) is 32.3 Å². The number of thiazole rings is 1. The van der Waals surface area contributed by atoms with Crippen LogP contribution in [0.4, 0.5) is 10.8 Å². The van der Waals surface area contributed by atoms with Crippen LogP contribution in [0.15, 0.2) is 42.5 Å². The molecule has 0 saturated carbocycles. The lowest BCUT2D eigenvalue weighted by molar-refractivity contribution is -0.116. The predicted molar refractivity (Wildman–Crippen MR) is 113 cm³/mol. The lowest BCUT2D eigenvalue weighted by Crippen LogP contribution is -2.13. The molecule has 2 N–H and O–H groups in total. The second kappa shape index (κ2) is 9.32. The van der Waals surface area contributed by atoms with E-state index in [0.717, 1.165) is 15.8 Å². The molecule has 3 rings (SSSR count). The normalized spacial score (nSPS) is 10.6. The van der Waals surface area contributed by atoms with Crippen LogP contribution in [0.5, 0.6) is 5.75 Å². The molecular weight excluding hydrogens is 374 g/mol. The molecule has 1 aromatic heterocycles. The number of benzene rings is 2. The van der Waals surface area contributed by atoms with E-state index in [2.05, 4.69) is 15.6 Å². The van der Waals surface area contributed by atoms with Gasteiger partial charge in [0, 0.05) is 12.8 Å². The lowest BCUT2D eigenvalue weighted by atomic mass is 10.1. The highest BCUT2D eigenvalue weighted by Crippen LogP contribution is 2.28. The first-order chi connectivity index (χ1) is 13.6. The summed E-state index contributed by atoms with van der Waals surface area (Å²) in [6.45, 7) is 4.26. The highest BCUT2D eigenvalue weighted by atomic mass is 32.1. The average Bonchev–Trinajstić information content (AvgIpc) is 3.09. The molecular formula is C21H23N3O3S. The minimum Gasteiger partial charge on any atom is -0.492 e. The SMILES string of the molecule is CCOc1ccccc1NC(=O)CCc1ccc2nc(NC(=O)CC)sc2c1. The summed E-state index contributed by atoms with van der Waals surface area (Å²) in [6, 6.07) is 13.3. The van der Waals surface area contributed by atoms with Crippen molar-refractivity contribution in [1.82, 2.24) is 4.98 Å². The topological polar surface area (TPSA) is 80.3 Å². The molecule has 0 saturated heterocycles. The Morgan fingerprint density at radius 2 is 1.89 bits per heavy atom. The minimum atomic E-state index is -0.0625. The van der Waals surface area contributed by atoms with Crippen LogP contribution in [0.3, 0.4) is 0 Å². The molecule has 0 fully saturated rings. The average molecular weight is 398 g/mol. The fraction of sp³-hybridized carbons (Fsp3) is 0.286. The van der Waals surface area contributed by atoms with Crippen LogP contribution in [0.2, 0.25) is 0 Å². The number of hydrogen-bond acceptors (Lipinski definition) is 5. The Labute approximate surface area is 167 Å². The maximum Gasteiger partial charge on any atom is 0.225 e. The van der Waals surface area contributed by atoms with Gasteiger partial charge in [0.15, 0.2) is 5.13 Å². The summed E-state index contributed by atoms with van der Waals surface area (Å²) < 4.78 is 6.53. The van der Waals surface area contributed by atoms with Crippen molar-refractivity contribution in [2.45, 2.75) is 33.1 Å². The molecule has 28 heavy (non-hydrogen) atoms. The summed E-state index contributed by atoms with van der Waals surface area (Å²) in [7, 11) is 0. The number of para-hydroxylation sites is 2. The smallest absolute Gasteiger partial charge is 0.225 e. The standard InChI is InChI=1S/C21H23N3O3S/c1-3-19(25)24-21-23-16-11-9-14(13-18(16)28-21)10-12-20(26)22-15-7-5-6-8-17(15)27-4-2/h5-9,11,13H,3-4,10,12H2,1-2H3,(H,22,26)(H,23,24,25). The number of carbonyl (C=O) groups excluding carboxylic acids is 2. The van der Waals surface area contributed by atoms with E-state index in [4.69, 9.17) is 4.74 Å². The maximum atomic E-state index is 12.3. The summed E-state index contributed by atoms with van der Waals surface area (Å²) in [5.41, 5.74) is 2.58. The van der Waals surface area contributed by atoms with Crippen molar-refractivity contribution in [1.29, 1.82) is 0 Å². The fourth-order valence-electron chi connectivity index (χ4n) is 2.71. The lowest BCUT2D eigenvalue weighted by Gasteiger charge is -2.11. The van der Waals surface area contributed by atoms with Gasteiger partial charge in [-0.3, -0.25) is 9.59 Å². The first-order valence-electron chi connectivity index (χ1n) is 9.30. The number of nitrogens with one attached hydrogen (secondary N) is 2. The summed E-state index contributed by atoms with van der Waals surface area (Å²) in [4.78, 5) is 28.3. The predicted octanol–water partition coefficient (Wildman–Crippen LogP) is 4.61. The highest BCUT2D eigenvalue weighted by molar-refractivity contribution is 7.22. The van der Waals surface area contributed by atoms with E-state index in [1.54, 1.807) is 6.92 Å². The van der Waals surface area contributed by atoms with E-state index in [-0.39, 0.29) is 11.8 Å². The fourth-order valence-corrected chi connectivity index (χ4v) is 3.65. The molecule has 1 heterocycles. The van der Waals surface area contributed by atoms with Gasteiger partial charge in [-0.15, -0.1) is 0 Å². The van der Waals surface area contributed by atoms with Crippen molar-refractivity contribution in [3.05, 3.63) is 48.0 Å². The van der Waals surface area contributed by atoms with E-state index in [1.165, 1.54) is 11.3 Å². The van der Waals surface area contributed by atoms with Crippen molar-refractivity contribution in [3.63, 3.8) is 0 Å². The van der Waals surface area contributed by atoms with Crippen molar-refractivity contribution >= 4 is 44.2 Å². The van der Waals surface area contributed by atoms with Crippen molar-refractivity contribution < 1.29 is 14.3 Å². The molecule has 3 aromatic rings. The third-order valence-electron chi connectivity index (χ3n) is 4.12. The number of anilines is 2. The molecule has 0 aliphatic heterocycles. The molecule has 0 spiro atoms. The maximum absolute atomic E-state index is 12.3. The molecule has 6 nitrogen and oxygen atoms in total. The Kier molecular flexibility index (Phi) is 6.60. The zero-order chi connectivity index (χ0) is 19.9. The van der Waals surface area contributed by atoms with Crippen LogP contribution in [0.25, 0.3) is 10.2 Å². The molecule has 0 aliphatic carbocycles. The van der Waals surface area contributed by atoms with Crippen molar-refractivity contribution in [3.8, 4) is 5.75 Å². The van der Waals surface area contributed by atoms with Crippen LogP contribution < -0.4 is 15.4 Å². The molecule has 0 aliphatic rings. The molecule has 146 valence electrons. The van der Waals surface area contributed by atoms with Crippen LogP contribution in [0, 0.1) is 0 Å². The number of aryl methyl sites for hydroxylation is 1. The first kappa shape index (κ1) is 19.8. The second-order valence-electron chi connectivity index (χ2n) is 6.20. The van der Waals surface area contributed by atoms with E-state index in [1.807, 2.05) is 49.4 Å². The summed E-state index contributed by atoms with van der Waals surface area (Å²) in [5, 5.41) is 6.30. The van der Waals surface area contributed by atoms with Gasteiger partial charge in [-0.25, -0.2) is 4.98 Å². The Hall–Kier alpha value is -2.93. The number of hydrogen-bond donors (Lipinski definition) is 2. The van der Waals surface area contributed by atoms with Gasteiger partial charge >= 0.3 is 0 Å². The monoisotopic (exact) mass is 397 g/mol. The summed E-state index contributed by atoms with van der Waals surface area (Å²) in [6.07, 6.45) is 1.40. The van der Waals surface area contributed by atoms with Crippen LogP contribution in [-0.4, -0.2) is 23.4 Å². The van der Waals surface area contributed by atoms with Crippen molar-refractivity contribution in [2.24, 2.45) is 0 Å². The number of carbonyl (C=O) groups is 2. The zero-order valence-electron chi connectivity index (χ0n) is 16.0. The zero-order valence-corrected chi connectivity index (χ0v) is 16.8. The molecule has 2 aromatic carbocycles. The minimum absolute atomic E-state index is 0.0525. The molecule has 0 atom stereocenters. The quantitative estimate of drug-likeness (QED) is 0.581. The Morgan fingerprint density at radius 1 is 1.07 bits per heavy atom. The van der Waals surface area contributed by atoms with Gasteiger partial charge in [-0.1, -0.05) is 36.5 Å². The summed E-state index contributed by atoms with van der Waals surface area (Å²) >= 11 is 1.44. The van der Waals surface area contributed by atoms with E-state index in [0.29, 0.717) is 42.4 Å². The number of nitrogens with zero attached hydrogens (tertiary/aromatic N) is 1. The second-order valence-corrected chi connectivity index (χ2v) is 7.23. The molecule has 0 radical (unpaired) electrons. The van der Waals surface area contributed by atoms with Gasteiger partial charge in [0.25, 0.3) is 0 Å². The molecule has 0 unspecified atom stereocenters.